The molecule has 0 radical (unpaired) electrons. The molecule has 0 fully saturated rings. The smallest absolute Gasteiger partial charge is 0.0595 e. The van der Waals surface area contributed by atoms with Gasteiger partial charge in [-0.2, -0.15) is 0 Å². The van der Waals surface area contributed by atoms with Crippen molar-refractivity contribution in [3.8, 4) is 0 Å². The Labute approximate surface area is 100.0 Å². The molecule has 0 amide bonds. The largest absolute Gasteiger partial charge is 0.396 e. The van der Waals surface area contributed by atoms with Crippen LogP contribution in [0, 0.1) is 0 Å². The second kappa shape index (κ2) is 6.33. The van der Waals surface area contributed by atoms with E-state index in [1.165, 1.54) is 0 Å². The molecule has 3 N–H and O–H groups in total. The summed E-state index contributed by atoms with van der Waals surface area (Å²) < 4.78 is 0. The topological polar surface area (TPSA) is 46.2 Å². The van der Waals surface area contributed by atoms with Gasteiger partial charge in [-0.3, -0.25) is 0 Å². The Morgan fingerprint density at radius 1 is 1.20 bits per heavy atom. The molecule has 0 aliphatic rings. The normalized spacial score (nSPS) is 12.8. The lowest BCUT2D eigenvalue weighted by atomic mass is 9.93. The molecule has 1 aromatic carbocycles. The van der Waals surface area contributed by atoms with Crippen molar-refractivity contribution >= 4 is 23.2 Å². The monoisotopic (exact) mass is 247 g/mol. The first-order valence-corrected chi connectivity index (χ1v) is 5.70. The summed E-state index contributed by atoms with van der Waals surface area (Å²) in [5.74, 6) is 0.259. The summed E-state index contributed by atoms with van der Waals surface area (Å²) in [6.07, 6.45) is 1.55. The number of rotatable bonds is 5. The molecule has 0 heterocycles. The Morgan fingerprint density at radius 2 is 1.93 bits per heavy atom. The Morgan fingerprint density at radius 3 is 2.47 bits per heavy atom. The molecule has 0 aliphatic carbocycles. The minimum absolute atomic E-state index is 0.158. The fourth-order valence-electron chi connectivity index (χ4n) is 1.60. The van der Waals surface area contributed by atoms with Gasteiger partial charge < -0.3 is 10.8 Å². The second-order valence-corrected chi connectivity index (χ2v) is 4.27. The molecule has 1 atom stereocenters. The van der Waals surface area contributed by atoms with Gasteiger partial charge in [0, 0.05) is 6.61 Å². The van der Waals surface area contributed by atoms with Gasteiger partial charge in [0.1, 0.15) is 0 Å². The summed E-state index contributed by atoms with van der Waals surface area (Å²) in [5.41, 5.74) is 6.61. The highest BCUT2D eigenvalue weighted by Gasteiger charge is 2.11. The van der Waals surface area contributed by atoms with Gasteiger partial charge in [-0.05, 0) is 43.0 Å². The van der Waals surface area contributed by atoms with Gasteiger partial charge in [-0.1, -0.05) is 29.3 Å². The van der Waals surface area contributed by atoms with Gasteiger partial charge in [0.15, 0.2) is 0 Å². The number of nitrogens with two attached hydrogens (primary N) is 1. The van der Waals surface area contributed by atoms with Crippen molar-refractivity contribution in [3.63, 3.8) is 0 Å². The van der Waals surface area contributed by atoms with Crippen LogP contribution in [0.15, 0.2) is 18.2 Å². The Kier molecular flexibility index (Phi) is 5.40. The van der Waals surface area contributed by atoms with Crippen LogP contribution in [0.4, 0.5) is 0 Å². The van der Waals surface area contributed by atoms with Crippen LogP contribution >= 0.6 is 23.2 Å². The zero-order chi connectivity index (χ0) is 11.3. The number of halogens is 2. The van der Waals surface area contributed by atoms with Crippen molar-refractivity contribution in [2.75, 3.05) is 13.2 Å². The number of hydrogen-bond donors (Lipinski definition) is 2. The van der Waals surface area contributed by atoms with Gasteiger partial charge in [0.05, 0.1) is 10.0 Å². The maximum Gasteiger partial charge on any atom is 0.0595 e. The van der Waals surface area contributed by atoms with E-state index in [1.54, 1.807) is 6.07 Å². The first kappa shape index (κ1) is 12.8. The van der Waals surface area contributed by atoms with Crippen molar-refractivity contribution in [1.29, 1.82) is 0 Å². The molecule has 15 heavy (non-hydrogen) atoms. The molecule has 0 bridgehead atoms. The molecule has 84 valence electrons. The maximum absolute atomic E-state index is 8.95. The van der Waals surface area contributed by atoms with Crippen LogP contribution in [-0.2, 0) is 0 Å². The summed E-state index contributed by atoms with van der Waals surface area (Å²) in [7, 11) is 0. The van der Waals surface area contributed by atoms with Crippen LogP contribution in [0.5, 0.6) is 0 Å². The first-order valence-electron chi connectivity index (χ1n) is 4.95. The van der Waals surface area contributed by atoms with E-state index in [1.807, 2.05) is 12.1 Å². The molecule has 1 unspecified atom stereocenters. The summed E-state index contributed by atoms with van der Waals surface area (Å²) in [6, 6.07) is 5.56. The maximum atomic E-state index is 8.95. The third kappa shape index (κ3) is 3.65. The molecule has 0 aliphatic heterocycles. The van der Waals surface area contributed by atoms with E-state index < -0.39 is 0 Å². The highest BCUT2D eigenvalue weighted by Crippen LogP contribution is 2.29. The lowest BCUT2D eigenvalue weighted by molar-refractivity contribution is 0.273. The predicted octanol–water partition coefficient (Wildman–Crippen LogP) is 2.81. The summed E-state index contributed by atoms with van der Waals surface area (Å²) in [6.45, 7) is 0.760. The van der Waals surface area contributed by atoms with Gasteiger partial charge in [0.2, 0.25) is 0 Å². The quantitative estimate of drug-likeness (QED) is 0.841. The molecule has 0 saturated heterocycles. The summed E-state index contributed by atoms with van der Waals surface area (Å²) in [4.78, 5) is 0. The van der Waals surface area contributed by atoms with Crippen molar-refractivity contribution in [2.24, 2.45) is 5.73 Å². The fraction of sp³-hybridized carbons (Fsp3) is 0.455. The average molecular weight is 248 g/mol. The van der Waals surface area contributed by atoms with E-state index in [9.17, 15) is 0 Å². The van der Waals surface area contributed by atoms with E-state index in [-0.39, 0.29) is 12.5 Å². The predicted molar refractivity (Wildman–Crippen MR) is 64.6 cm³/mol. The Balaban J connectivity index is 2.85. The number of aliphatic hydroxyl groups excluding tert-OH is 1. The molecule has 0 aromatic heterocycles. The summed E-state index contributed by atoms with van der Waals surface area (Å²) in [5, 5.41) is 10.1. The zero-order valence-electron chi connectivity index (χ0n) is 8.42. The van der Waals surface area contributed by atoms with Gasteiger partial charge in [-0.25, -0.2) is 0 Å². The van der Waals surface area contributed by atoms with Gasteiger partial charge in [-0.15, -0.1) is 0 Å². The van der Waals surface area contributed by atoms with Crippen LogP contribution in [0.25, 0.3) is 0 Å². The third-order valence-corrected chi connectivity index (χ3v) is 3.15. The molecule has 0 saturated carbocycles. The lowest BCUT2D eigenvalue weighted by Crippen LogP contribution is -2.09. The van der Waals surface area contributed by atoms with E-state index >= 15 is 0 Å². The van der Waals surface area contributed by atoms with Crippen LogP contribution < -0.4 is 5.73 Å². The lowest BCUT2D eigenvalue weighted by Gasteiger charge is -2.15. The number of aliphatic hydroxyl groups is 1. The van der Waals surface area contributed by atoms with Crippen LogP contribution in [0.3, 0.4) is 0 Å². The Bertz CT molecular complexity index is 311. The minimum Gasteiger partial charge on any atom is -0.396 e. The Hall–Kier alpha value is -0.280. The molecular formula is C11H15Cl2NO. The standard InChI is InChI=1S/C11H15Cl2NO/c12-10-2-1-9(7-11(10)13)8(3-5-14)4-6-15/h1-2,7-8,15H,3-6,14H2. The van der Waals surface area contributed by atoms with Gasteiger partial charge >= 0.3 is 0 Å². The van der Waals surface area contributed by atoms with Crippen LogP contribution in [0.2, 0.25) is 10.0 Å². The third-order valence-electron chi connectivity index (χ3n) is 2.41. The molecule has 1 rings (SSSR count). The average Bonchev–Trinajstić information content (AvgIpc) is 2.22. The van der Waals surface area contributed by atoms with Crippen molar-refractivity contribution in [3.05, 3.63) is 33.8 Å². The first-order chi connectivity index (χ1) is 7.19. The van der Waals surface area contributed by atoms with Crippen molar-refractivity contribution in [1.82, 2.24) is 0 Å². The molecule has 2 nitrogen and oxygen atoms in total. The van der Waals surface area contributed by atoms with E-state index in [2.05, 4.69) is 0 Å². The highest BCUT2D eigenvalue weighted by molar-refractivity contribution is 6.42. The molecule has 0 spiro atoms. The molecule has 1 aromatic rings. The van der Waals surface area contributed by atoms with E-state index in [4.69, 9.17) is 34.0 Å². The number of benzene rings is 1. The summed E-state index contributed by atoms with van der Waals surface area (Å²) >= 11 is 11.8. The van der Waals surface area contributed by atoms with Crippen molar-refractivity contribution < 1.29 is 5.11 Å². The van der Waals surface area contributed by atoms with Crippen LogP contribution in [0.1, 0.15) is 24.3 Å². The minimum atomic E-state index is 0.158. The van der Waals surface area contributed by atoms with Crippen LogP contribution in [-0.4, -0.2) is 18.3 Å². The second-order valence-electron chi connectivity index (χ2n) is 3.46. The SMILES string of the molecule is NCCC(CCO)c1ccc(Cl)c(Cl)c1. The molecular weight excluding hydrogens is 233 g/mol. The van der Waals surface area contributed by atoms with E-state index in [0.717, 1.165) is 12.0 Å². The molecule has 4 heteroatoms. The van der Waals surface area contributed by atoms with Crippen molar-refractivity contribution in [2.45, 2.75) is 18.8 Å². The zero-order valence-corrected chi connectivity index (χ0v) is 9.93. The fourth-order valence-corrected chi connectivity index (χ4v) is 1.91. The van der Waals surface area contributed by atoms with Gasteiger partial charge in [0.25, 0.3) is 0 Å². The number of hydrogen-bond acceptors (Lipinski definition) is 2. The van der Waals surface area contributed by atoms with E-state index in [0.29, 0.717) is 23.0 Å². The highest BCUT2D eigenvalue weighted by atomic mass is 35.5.